The first-order chi connectivity index (χ1) is 9.49. The zero-order valence-corrected chi connectivity index (χ0v) is 11.3. The molecule has 0 spiro atoms. The van der Waals surface area contributed by atoms with E-state index in [1.807, 2.05) is 0 Å². The van der Waals surface area contributed by atoms with E-state index in [1.165, 1.54) is 6.92 Å². The molecule has 0 N–H and O–H groups in total. The van der Waals surface area contributed by atoms with Crippen molar-refractivity contribution in [2.75, 3.05) is 6.61 Å². The van der Waals surface area contributed by atoms with Crippen LogP contribution in [-0.4, -0.2) is 29.4 Å². The zero-order chi connectivity index (χ0) is 14.8. The zero-order valence-electron chi connectivity index (χ0n) is 11.3. The first-order valence-electron chi connectivity index (χ1n) is 6.69. The number of hydrogen-bond donors (Lipinski definition) is 0. The maximum Gasteiger partial charge on any atom is 0.376 e. The number of ether oxygens (including phenoxy) is 1. The van der Waals surface area contributed by atoms with Gasteiger partial charge in [0, 0.05) is 24.6 Å². The molecule has 0 saturated heterocycles. The second-order valence-electron chi connectivity index (χ2n) is 4.92. The van der Waals surface area contributed by atoms with Gasteiger partial charge in [-0.3, -0.25) is 4.79 Å². The molecular formula is C14H17F2NO3. The van der Waals surface area contributed by atoms with Gasteiger partial charge in [0.25, 0.3) is 0 Å². The van der Waals surface area contributed by atoms with Gasteiger partial charge in [0.2, 0.25) is 0 Å². The maximum atomic E-state index is 13.8. The Kier molecular flexibility index (Phi) is 4.20. The van der Waals surface area contributed by atoms with Crippen molar-refractivity contribution in [2.45, 2.75) is 44.6 Å². The monoisotopic (exact) mass is 285 g/mol. The molecule has 2 heterocycles. The number of rotatable bonds is 5. The molecule has 20 heavy (non-hydrogen) atoms. The third-order valence-electron chi connectivity index (χ3n) is 3.60. The Morgan fingerprint density at radius 2 is 2.30 bits per heavy atom. The molecule has 0 aliphatic carbocycles. The van der Waals surface area contributed by atoms with Crippen molar-refractivity contribution in [1.29, 1.82) is 0 Å². The molecule has 1 aromatic heterocycles. The summed E-state index contributed by atoms with van der Waals surface area (Å²) in [6.07, 6.45) is 1.44. The van der Waals surface area contributed by atoms with Crippen molar-refractivity contribution < 1.29 is 23.1 Å². The lowest BCUT2D eigenvalue weighted by Crippen LogP contribution is -2.34. The minimum atomic E-state index is -3.49. The van der Waals surface area contributed by atoms with E-state index in [4.69, 9.17) is 0 Å². The van der Waals surface area contributed by atoms with Gasteiger partial charge in [-0.25, -0.2) is 4.79 Å². The molecule has 2 rings (SSSR count). The molecule has 0 saturated carbocycles. The highest BCUT2D eigenvalue weighted by Crippen LogP contribution is 2.37. The molecule has 6 heteroatoms. The van der Waals surface area contributed by atoms with Crippen LogP contribution in [0.15, 0.2) is 12.1 Å². The molecule has 0 aromatic carbocycles. The number of alkyl halides is 2. The number of nitrogens with zero attached hydrogens (tertiary/aromatic N) is 1. The Hall–Kier alpha value is -1.72. The Morgan fingerprint density at radius 1 is 1.55 bits per heavy atom. The summed E-state index contributed by atoms with van der Waals surface area (Å²) in [5.74, 6) is -5.40. The Morgan fingerprint density at radius 3 is 2.95 bits per heavy atom. The number of halogens is 2. The fourth-order valence-electron chi connectivity index (χ4n) is 2.70. The SMILES string of the molecule is CCOC(=O)C(F)(F)CC1CCCn2c(C=O)ccc21. The second kappa shape index (κ2) is 5.73. The Labute approximate surface area is 115 Å². The van der Waals surface area contributed by atoms with E-state index in [2.05, 4.69) is 4.74 Å². The molecule has 1 aromatic rings. The lowest BCUT2D eigenvalue weighted by molar-refractivity contribution is -0.173. The average Bonchev–Trinajstić information content (AvgIpc) is 2.83. The van der Waals surface area contributed by atoms with Crippen LogP contribution in [0.3, 0.4) is 0 Å². The molecule has 0 fully saturated rings. The van der Waals surface area contributed by atoms with Crippen LogP contribution in [0.4, 0.5) is 8.78 Å². The maximum absolute atomic E-state index is 13.8. The van der Waals surface area contributed by atoms with Crippen LogP contribution >= 0.6 is 0 Å². The van der Waals surface area contributed by atoms with E-state index in [0.29, 0.717) is 30.8 Å². The van der Waals surface area contributed by atoms with Crippen molar-refractivity contribution >= 4 is 12.3 Å². The number of carbonyl (C=O) groups excluding carboxylic acids is 2. The molecule has 0 amide bonds. The van der Waals surface area contributed by atoms with Gasteiger partial charge in [-0.1, -0.05) is 0 Å². The number of esters is 1. The summed E-state index contributed by atoms with van der Waals surface area (Å²) in [5.41, 5.74) is 1.19. The van der Waals surface area contributed by atoms with Gasteiger partial charge >= 0.3 is 11.9 Å². The lowest BCUT2D eigenvalue weighted by atomic mass is 9.90. The van der Waals surface area contributed by atoms with Crippen LogP contribution in [0, 0.1) is 0 Å². The second-order valence-corrected chi connectivity index (χ2v) is 4.92. The Balaban J connectivity index is 2.18. The van der Waals surface area contributed by atoms with Gasteiger partial charge in [0.1, 0.15) is 0 Å². The van der Waals surface area contributed by atoms with Crippen LogP contribution in [0.1, 0.15) is 48.3 Å². The fraction of sp³-hybridized carbons (Fsp3) is 0.571. The number of hydrogen-bond acceptors (Lipinski definition) is 3. The van der Waals surface area contributed by atoms with E-state index in [1.54, 1.807) is 16.7 Å². The molecule has 110 valence electrons. The number of aldehydes is 1. The van der Waals surface area contributed by atoms with Crippen molar-refractivity contribution in [3.05, 3.63) is 23.5 Å². The third kappa shape index (κ3) is 2.73. The summed E-state index contributed by atoms with van der Waals surface area (Å²) in [5, 5.41) is 0. The molecule has 1 aliphatic heterocycles. The van der Waals surface area contributed by atoms with Gasteiger partial charge in [-0.15, -0.1) is 0 Å². The molecule has 0 radical (unpaired) electrons. The average molecular weight is 285 g/mol. The van der Waals surface area contributed by atoms with Crippen molar-refractivity contribution in [3.63, 3.8) is 0 Å². The van der Waals surface area contributed by atoms with Gasteiger partial charge < -0.3 is 9.30 Å². The van der Waals surface area contributed by atoms with Crippen LogP contribution in [0.2, 0.25) is 0 Å². The summed E-state index contributed by atoms with van der Waals surface area (Å²) < 4.78 is 33.8. The summed E-state index contributed by atoms with van der Waals surface area (Å²) in [6, 6.07) is 3.32. The normalized spacial score (nSPS) is 18.4. The standard InChI is InChI=1S/C14H17F2NO3/c1-2-20-13(19)14(15,16)8-10-4-3-7-17-11(9-18)5-6-12(10)17/h5-6,9-10H,2-4,7-8H2,1H3. The molecule has 4 nitrogen and oxygen atoms in total. The van der Waals surface area contributed by atoms with E-state index in [9.17, 15) is 18.4 Å². The fourth-order valence-corrected chi connectivity index (χ4v) is 2.70. The van der Waals surface area contributed by atoms with Gasteiger partial charge in [0.15, 0.2) is 6.29 Å². The van der Waals surface area contributed by atoms with Gasteiger partial charge in [-0.05, 0) is 31.9 Å². The number of fused-ring (bicyclic) bond motifs is 1. The van der Waals surface area contributed by atoms with E-state index < -0.39 is 24.2 Å². The van der Waals surface area contributed by atoms with Crippen molar-refractivity contribution in [3.8, 4) is 0 Å². The highest BCUT2D eigenvalue weighted by Gasteiger charge is 2.43. The largest absolute Gasteiger partial charge is 0.462 e. The quantitative estimate of drug-likeness (QED) is 0.617. The highest BCUT2D eigenvalue weighted by molar-refractivity contribution is 5.77. The van der Waals surface area contributed by atoms with Crippen LogP contribution in [0.5, 0.6) is 0 Å². The molecule has 0 bridgehead atoms. The minimum absolute atomic E-state index is 0.0647. The van der Waals surface area contributed by atoms with Crippen LogP contribution in [-0.2, 0) is 16.1 Å². The minimum Gasteiger partial charge on any atom is -0.462 e. The Bertz CT molecular complexity index is 511. The smallest absolute Gasteiger partial charge is 0.376 e. The lowest BCUT2D eigenvalue weighted by Gasteiger charge is -2.28. The topological polar surface area (TPSA) is 48.3 Å². The summed E-state index contributed by atoms with van der Waals surface area (Å²) in [7, 11) is 0. The predicted octanol–water partition coefficient (Wildman–Crippen LogP) is 2.77. The van der Waals surface area contributed by atoms with Crippen molar-refractivity contribution in [2.24, 2.45) is 0 Å². The van der Waals surface area contributed by atoms with E-state index >= 15 is 0 Å². The third-order valence-corrected chi connectivity index (χ3v) is 3.60. The van der Waals surface area contributed by atoms with Gasteiger partial charge in [0.05, 0.1) is 12.3 Å². The number of carbonyl (C=O) groups is 2. The first kappa shape index (κ1) is 14.7. The molecule has 1 aliphatic rings. The van der Waals surface area contributed by atoms with Crippen molar-refractivity contribution in [1.82, 2.24) is 4.57 Å². The molecule has 1 unspecified atom stereocenters. The molecule has 1 atom stereocenters. The summed E-state index contributed by atoms with van der Waals surface area (Å²) in [6.45, 7) is 2.08. The summed E-state index contributed by atoms with van der Waals surface area (Å²) >= 11 is 0. The summed E-state index contributed by atoms with van der Waals surface area (Å²) in [4.78, 5) is 22.2. The molecular weight excluding hydrogens is 268 g/mol. The van der Waals surface area contributed by atoms with Crippen LogP contribution < -0.4 is 0 Å². The highest BCUT2D eigenvalue weighted by atomic mass is 19.3. The first-order valence-corrected chi connectivity index (χ1v) is 6.69. The number of aromatic nitrogens is 1. The van der Waals surface area contributed by atoms with E-state index in [0.717, 1.165) is 6.29 Å². The van der Waals surface area contributed by atoms with Crippen LogP contribution in [0.25, 0.3) is 0 Å². The van der Waals surface area contributed by atoms with E-state index in [-0.39, 0.29) is 6.61 Å². The van der Waals surface area contributed by atoms with Gasteiger partial charge in [-0.2, -0.15) is 8.78 Å². The predicted molar refractivity (Wildman–Crippen MR) is 68.0 cm³/mol.